The first-order chi connectivity index (χ1) is 18.6. The maximum absolute atomic E-state index is 13.6. The molecule has 9 nitrogen and oxygen atoms in total. The number of piperazine rings is 1. The second-order valence-corrected chi connectivity index (χ2v) is 10.6. The van der Waals surface area contributed by atoms with Gasteiger partial charge in [-0.3, -0.25) is 14.6 Å². The number of aromatic nitrogens is 5. The molecule has 38 heavy (non-hydrogen) atoms. The summed E-state index contributed by atoms with van der Waals surface area (Å²) >= 11 is 0. The van der Waals surface area contributed by atoms with E-state index in [4.69, 9.17) is 4.74 Å². The van der Waals surface area contributed by atoms with Crippen LogP contribution in [-0.2, 0) is 17.8 Å². The van der Waals surface area contributed by atoms with Crippen molar-refractivity contribution in [3.05, 3.63) is 87.0 Å². The van der Waals surface area contributed by atoms with E-state index in [1.54, 1.807) is 0 Å². The Hall–Kier alpha value is -3.40. The Labute approximate surface area is 222 Å². The van der Waals surface area contributed by atoms with E-state index in [1.165, 1.54) is 5.56 Å². The molecule has 0 amide bonds. The molecule has 1 N–H and O–H groups in total. The second kappa shape index (κ2) is 10.8. The van der Waals surface area contributed by atoms with Crippen LogP contribution in [0.15, 0.2) is 53.3 Å². The van der Waals surface area contributed by atoms with Crippen LogP contribution in [0.2, 0.25) is 0 Å². The zero-order valence-corrected chi connectivity index (χ0v) is 22.1. The lowest BCUT2D eigenvalue weighted by molar-refractivity contribution is 0.0840. The molecule has 0 aliphatic carbocycles. The van der Waals surface area contributed by atoms with E-state index in [0.717, 1.165) is 74.2 Å². The van der Waals surface area contributed by atoms with Gasteiger partial charge in [-0.25, -0.2) is 4.68 Å². The van der Waals surface area contributed by atoms with E-state index in [0.29, 0.717) is 17.9 Å². The average Bonchev–Trinajstić information content (AvgIpc) is 3.62. The number of hydrogen-bond acceptors (Lipinski definition) is 7. The number of aryl methyl sites for hydroxylation is 2. The summed E-state index contributed by atoms with van der Waals surface area (Å²) in [6.07, 6.45) is 2.15. The molecule has 2 saturated heterocycles. The molecule has 4 aromatic rings. The highest BCUT2D eigenvalue weighted by molar-refractivity contribution is 5.83. The molecular weight excluding hydrogens is 478 g/mol. The summed E-state index contributed by atoms with van der Waals surface area (Å²) < 4.78 is 7.73. The fourth-order valence-electron chi connectivity index (χ4n) is 5.78. The van der Waals surface area contributed by atoms with Crippen molar-refractivity contribution in [1.29, 1.82) is 0 Å². The molecule has 2 aromatic carbocycles. The molecule has 6 rings (SSSR count). The molecule has 4 heterocycles. The zero-order valence-electron chi connectivity index (χ0n) is 22.1. The molecule has 0 saturated carbocycles. The Balaban J connectivity index is 1.34. The van der Waals surface area contributed by atoms with Gasteiger partial charge in [0.1, 0.15) is 6.04 Å². The first-order valence-corrected chi connectivity index (χ1v) is 13.6. The minimum absolute atomic E-state index is 0.0884. The van der Waals surface area contributed by atoms with E-state index in [2.05, 4.69) is 86.6 Å². The van der Waals surface area contributed by atoms with Gasteiger partial charge in [0.05, 0.1) is 18.2 Å². The van der Waals surface area contributed by atoms with E-state index < -0.39 is 0 Å². The lowest BCUT2D eigenvalue weighted by Crippen LogP contribution is -2.48. The van der Waals surface area contributed by atoms with Gasteiger partial charge in [-0.05, 0) is 65.3 Å². The highest BCUT2D eigenvalue weighted by Crippen LogP contribution is 2.29. The van der Waals surface area contributed by atoms with Crippen molar-refractivity contribution in [3.63, 3.8) is 0 Å². The highest BCUT2D eigenvalue weighted by Gasteiger charge is 2.33. The Morgan fingerprint density at radius 3 is 2.66 bits per heavy atom. The molecule has 0 spiro atoms. The number of pyridine rings is 1. The van der Waals surface area contributed by atoms with Crippen LogP contribution in [0.1, 0.15) is 47.0 Å². The number of tetrazole rings is 1. The van der Waals surface area contributed by atoms with Crippen LogP contribution >= 0.6 is 0 Å². The van der Waals surface area contributed by atoms with E-state index >= 15 is 0 Å². The van der Waals surface area contributed by atoms with Gasteiger partial charge < -0.3 is 9.72 Å². The fourth-order valence-corrected chi connectivity index (χ4v) is 5.78. The number of nitrogens with one attached hydrogen (secondary N) is 1. The first-order valence-electron chi connectivity index (χ1n) is 13.6. The van der Waals surface area contributed by atoms with Crippen LogP contribution in [-0.4, -0.2) is 73.9 Å². The average molecular weight is 514 g/mol. The minimum Gasteiger partial charge on any atom is -0.376 e. The fraction of sp³-hybridized carbons (Fsp3) is 0.448. The van der Waals surface area contributed by atoms with Gasteiger partial charge in [0.15, 0.2) is 5.82 Å². The lowest BCUT2D eigenvalue weighted by atomic mass is 9.99. The van der Waals surface area contributed by atoms with Crippen LogP contribution in [0.5, 0.6) is 0 Å². The van der Waals surface area contributed by atoms with Crippen LogP contribution < -0.4 is 5.56 Å². The molecule has 2 aliphatic rings. The summed E-state index contributed by atoms with van der Waals surface area (Å²) in [5, 5.41) is 13.9. The summed E-state index contributed by atoms with van der Waals surface area (Å²) in [5.74, 6) is 0.700. The van der Waals surface area contributed by atoms with Crippen molar-refractivity contribution in [2.24, 2.45) is 0 Å². The van der Waals surface area contributed by atoms with Crippen molar-refractivity contribution in [1.82, 2.24) is 35.0 Å². The van der Waals surface area contributed by atoms with Gasteiger partial charge in [-0.15, -0.1) is 5.10 Å². The topological polar surface area (TPSA) is 92.2 Å². The zero-order chi connectivity index (χ0) is 26.1. The standard InChI is InChI=1S/C29H35N7O2/c1-20-10-11-23-17-25(29(37)30-26(23)21(20)2)27(28-31-32-33-36(28)19-24-9-6-16-38-24)35-14-12-34(13-15-35)18-22-7-4-3-5-8-22/h3-5,7-8,10-11,17,24,27H,6,9,12-16,18-19H2,1-2H3,(H,30,37)/t24-,27+/m1/s1. The largest absolute Gasteiger partial charge is 0.376 e. The summed E-state index contributed by atoms with van der Waals surface area (Å²) in [7, 11) is 0. The number of ether oxygens (including phenoxy) is 1. The Morgan fingerprint density at radius 1 is 1.08 bits per heavy atom. The maximum atomic E-state index is 13.6. The number of H-pyrrole nitrogens is 1. The molecule has 2 atom stereocenters. The maximum Gasteiger partial charge on any atom is 0.253 e. The number of nitrogens with zero attached hydrogens (tertiary/aromatic N) is 6. The summed E-state index contributed by atoms with van der Waals surface area (Å²) in [6.45, 7) is 9.85. The Kier molecular flexibility index (Phi) is 7.06. The normalized spacial score (nSPS) is 19.8. The van der Waals surface area contributed by atoms with Crippen LogP contribution in [0, 0.1) is 13.8 Å². The monoisotopic (exact) mass is 513 g/mol. The Morgan fingerprint density at radius 2 is 1.89 bits per heavy atom. The molecule has 198 valence electrons. The van der Waals surface area contributed by atoms with Crippen LogP contribution in [0.25, 0.3) is 10.9 Å². The highest BCUT2D eigenvalue weighted by atomic mass is 16.5. The molecule has 0 bridgehead atoms. The molecule has 2 aromatic heterocycles. The predicted octanol–water partition coefficient (Wildman–Crippen LogP) is 3.22. The molecule has 0 unspecified atom stereocenters. The van der Waals surface area contributed by atoms with Crippen molar-refractivity contribution < 1.29 is 4.74 Å². The van der Waals surface area contributed by atoms with Crippen molar-refractivity contribution in [2.45, 2.75) is 51.9 Å². The number of fused-ring (bicyclic) bond motifs is 1. The number of benzene rings is 2. The third-order valence-corrected chi connectivity index (χ3v) is 8.10. The number of rotatable bonds is 7. The van der Waals surface area contributed by atoms with E-state index in [1.807, 2.05) is 10.7 Å². The summed E-state index contributed by atoms with van der Waals surface area (Å²) in [6, 6.07) is 16.5. The van der Waals surface area contributed by atoms with Crippen molar-refractivity contribution in [2.75, 3.05) is 32.8 Å². The van der Waals surface area contributed by atoms with Crippen molar-refractivity contribution in [3.8, 4) is 0 Å². The van der Waals surface area contributed by atoms with Gasteiger partial charge >= 0.3 is 0 Å². The van der Waals surface area contributed by atoms with Crippen molar-refractivity contribution >= 4 is 10.9 Å². The third kappa shape index (κ3) is 5.01. The van der Waals surface area contributed by atoms with Gasteiger partial charge in [-0.1, -0.05) is 42.5 Å². The van der Waals surface area contributed by atoms with Crippen LogP contribution in [0.4, 0.5) is 0 Å². The predicted molar refractivity (Wildman–Crippen MR) is 146 cm³/mol. The summed E-state index contributed by atoms with van der Waals surface area (Å²) in [5.41, 5.74) is 5.06. The van der Waals surface area contributed by atoms with E-state index in [-0.39, 0.29) is 17.7 Å². The third-order valence-electron chi connectivity index (χ3n) is 8.10. The van der Waals surface area contributed by atoms with E-state index in [9.17, 15) is 4.79 Å². The molecule has 9 heteroatoms. The molecular formula is C29H35N7O2. The Bertz CT molecular complexity index is 1450. The summed E-state index contributed by atoms with van der Waals surface area (Å²) in [4.78, 5) is 21.7. The quantitative estimate of drug-likeness (QED) is 0.406. The van der Waals surface area contributed by atoms with Crippen LogP contribution in [0.3, 0.4) is 0 Å². The second-order valence-electron chi connectivity index (χ2n) is 10.6. The van der Waals surface area contributed by atoms with Gasteiger partial charge in [0, 0.05) is 44.9 Å². The number of hydrogen-bond donors (Lipinski definition) is 1. The van der Waals surface area contributed by atoms with Gasteiger partial charge in [0.25, 0.3) is 5.56 Å². The van der Waals surface area contributed by atoms with Gasteiger partial charge in [-0.2, -0.15) is 0 Å². The van der Waals surface area contributed by atoms with Gasteiger partial charge in [0.2, 0.25) is 0 Å². The lowest BCUT2D eigenvalue weighted by Gasteiger charge is -2.38. The molecule has 0 radical (unpaired) electrons. The minimum atomic E-state index is -0.347. The molecule has 2 aliphatic heterocycles. The SMILES string of the molecule is Cc1ccc2cc([C@@H](c3nnnn3C[C@H]3CCCO3)N3CCN(Cc4ccccc4)CC3)c(=O)[nH]c2c1C. The number of aromatic amines is 1. The molecule has 2 fully saturated rings. The smallest absolute Gasteiger partial charge is 0.253 e. The first kappa shape index (κ1) is 24.9.